The van der Waals surface area contributed by atoms with Gasteiger partial charge in [-0.15, -0.1) is 0 Å². The molecule has 0 aliphatic carbocycles. The Labute approximate surface area is 146 Å². The predicted octanol–water partition coefficient (Wildman–Crippen LogP) is 3.25. The first kappa shape index (κ1) is 15.7. The smallest absolute Gasteiger partial charge is 0.257 e. The molecular formula is C20H20FN3O. The molecule has 2 aliphatic heterocycles. The van der Waals surface area contributed by atoms with Crippen LogP contribution in [0.3, 0.4) is 0 Å². The minimum absolute atomic E-state index is 0.0582. The van der Waals surface area contributed by atoms with Crippen molar-refractivity contribution in [2.75, 3.05) is 36.4 Å². The third-order valence-corrected chi connectivity index (χ3v) is 4.78. The first-order valence-corrected chi connectivity index (χ1v) is 8.49. The van der Waals surface area contributed by atoms with E-state index in [2.05, 4.69) is 15.1 Å². The van der Waals surface area contributed by atoms with Gasteiger partial charge < -0.3 is 15.1 Å². The van der Waals surface area contributed by atoms with Gasteiger partial charge in [0.25, 0.3) is 5.91 Å². The van der Waals surface area contributed by atoms with Crippen molar-refractivity contribution < 1.29 is 9.18 Å². The highest BCUT2D eigenvalue weighted by Crippen LogP contribution is 2.33. The normalized spacial score (nSPS) is 18.5. The highest BCUT2D eigenvalue weighted by Gasteiger charge is 2.26. The van der Waals surface area contributed by atoms with E-state index in [0.29, 0.717) is 11.3 Å². The molecule has 0 spiro atoms. The number of piperazine rings is 1. The molecule has 1 N–H and O–H groups in total. The van der Waals surface area contributed by atoms with Crippen molar-refractivity contribution in [3.8, 4) is 0 Å². The minimum atomic E-state index is -0.186. The molecule has 0 saturated carbocycles. The second-order valence-corrected chi connectivity index (χ2v) is 6.52. The summed E-state index contributed by atoms with van der Waals surface area (Å²) in [7, 11) is 0. The Bertz CT molecular complexity index is 854. The number of anilines is 2. The van der Waals surface area contributed by atoms with E-state index in [-0.39, 0.29) is 11.7 Å². The molecule has 4 rings (SSSR count). The van der Waals surface area contributed by atoms with E-state index < -0.39 is 0 Å². The third-order valence-electron chi connectivity index (χ3n) is 4.78. The predicted molar refractivity (Wildman–Crippen MR) is 98.0 cm³/mol. The Morgan fingerprint density at radius 2 is 1.84 bits per heavy atom. The summed E-state index contributed by atoms with van der Waals surface area (Å²) in [5.74, 6) is -0.244. The zero-order chi connectivity index (χ0) is 17.4. The summed E-state index contributed by atoms with van der Waals surface area (Å²) in [6.45, 7) is 4.99. The molecule has 2 aromatic rings. The van der Waals surface area contributed by atoms with Gasteiger partial charge in [0.1, 0.15) is 5.82 Å². The van der Waals surface area contributed by atoms with Crippen LogP contribution in [0.4, 0.5) is 15.8 Å². The van der Waals surface area contributed by atoms with Crippen LogP contribution in [-0.4, -0.2) is 37.0 Å². The quantitative estimate of drug-likeness (QED) is 0.855. The number of fused-ring (bicyclic) bond motifs is 1. The number of benzene rings is 2. The number of nitrogens with zero attached hydrogens (tertiary/aromatic N) is 2. The Hall–Kier alpha value is -2.82. The highest BCUT2D eigenvalue weighted by molar-refractivity contribution is 6.31. The van der Waals surface area contributed by atoms with E-state index in [1.807, 2.05) is 43.5 Å². The van der Waals surface area contributed by atoms with Gasteiger partial charge in [-0.3, -0.25) is 4.79 Å². The number of para-hydroxylation sites is 1. The van der Waals surface area contributed by atoms with Gasteiger partial charge in [0.2, 0.25) is 0 Å². The van der Waals surface area contributed by atoms with E-state index in [9.17, 15) is 9.18 Å². The summed E-state index contributed by atoms with van der Waals surface area (Å²) in [5.41, 5.74) is 4.31. The number of halogens is 1. The summed E-state index contributed by atoms with van der Waals surface area (Å²) in [5, 5.41) is 2.91. The molecule has 5 heteroatoms. The van der Waals surface area contributed by atoms with Gasteiger partial charge in [0.15, 0.2) is 0 Å². The summed E-state index contributed by atoms with van der Waals surface area (Å²) in [6.07, 6.45) is 1.94. The molecule has 2 heterocycles. The van der Waals surface area contributed by atoms with Crippen LogP contribution in [0.5, 0.6) is 0 Å². The van der Waals surface area contributed by atoms with Crippen LogP contribution in [-0.2, 0) is 4.79 Å². The molecule has 128 valence electrons. The second kappa shape index (κ2) is 6.24. The Balaban J connectivity index is 1.51. The van der Waals surface area contributed by atoms with E-state index in [1.165, 1.54) is 6.07 Å². The SMILES string of the molecule is Cc1ccc2c(c1)/C(=C\N1CCN(c3ccccc3F)CC1)C(=O)N2. The van der Waals surface area contributed by atoms with Crippen molar-refractivity contribution in [3.05, 3.63) is 65.6 Å². The van der Waals surface area contributed by atoms with Crippen molar-refractivity contribution in [3.63, 3.8) is 0 Å². The summed E-state index contributed by atoms with van der Waals surface area (Å²) < 4.78 is 13.9. The maximum absolute atomic E-state index is 13.9. The number of aryl methyl sites for hydroxylation is 1. The average Bonchev–Trinajstić information content (AvgIpc) is 2.91. The maximum Gasteiger partial charge on any atom is 0.257 e. The van der Waals surface area contributed by atoms with Crippen molar-refractivity contribution in [2.45, 2.75) is 6.92 Å². The first-order valence-electron chi connectivity index (χ1n) is 8.49. The van der Waals surface area contributed by atoms with E-state index in [4.69, 9.17) is 0 Å². The lowest BCUT2D eigenvalue weighted by Gasteiger charge is -2.35. The van der Waals surface area contributed by atoms with Gasteiger partial charge in [-0.1, -0.05) is 23.8 Å². The zero-order valence-electron chi connectivity index (χ0n) is 14.1. The van der Waals surface area contributed by atoms with E-state index in [1.54, 1.807) is 6.07 Å². The number of carbonyl (C=O) groups excluding carboxylic acids is 1. The van der Waals surface area contributed by atoms with Crippen molar-refractivity contribution >= 4 is 22.9 Å². The Morgan fingerprint density at radius 3 is 2.60 bits per heavy atom. The molecule has 25 heavy (non-hydrogen) atoms. The van der Waals surface area contributed by atoms with Crippen LogP contribution in [0.15, 0.2) is 48.7 Å². The lowest BCUT2D eigenvalue weighted by atomic mass is 10.1. The Morgan fingerprint density at radius 1 is 1.08 bits per heavy atom. The van der Waals surface area contributed by atoms with Crippen molar-refractivity contribution in [2.24, 2.45) is 0 Å². The summed E-state index contributed by atoms with van der Waals surface area (Å²) >= 11 is 0. The standard InChI is InChI=1S/C20H20FN3O/c1-14-6-7-18-15(12-14)16(20(25)22-18)13-23-8-10-24(11-9-23)19-5-3-2-4-17(19)21/h2-7,12-13H,8-11H2,1H3,(H,22,25)/b16-13+. The number of amides is 1. The van der Waals surface area contributed by atoms with E-state index >= 15 is 0 Å². The van der Waals surface area contributed by atoms with Gasteiger partial charge in [-0.2, -0.15) is 0 Å². The molecule has 0 unspecified atom stereocenters. The van der Waals surface area contributed by atoms with Gasteiger partial charge in [0.05, 0.1) is 11.3 Å². The van der Waals surface area contributed by atoms with Crippen LogP contribution < -0.4 is 10.2 Å². The van der Waals surface area contributed by atoms with Crippen LogP contribution in [0.1, 0.15) is 11.1 Å². The first-order chi connectivity index (χ1) is 12.1. The minimum Gasteiger partial charge on any atom is -0.373 e. The molecule has 2 aliphatic rings. The maximum atomic E-state index is 13.9. The van der Waals surface area contributed by atoms with Crippen molar-refractivity contribution in [1.82, 2.24) is 4.90 Å². The van der Waals surface area contributed by atoms with E-state index in [0.717, 1.165) is 43.0 Å². The number of hydrogen-bond acceptors (Lipinski definition) is 3. The van der Waals surface area contributed by atoms with Gasteiger partial charge in [-0.05, 0) is 31.2 Å². The van der Waals surface area contributed by atoms with Gasteiger partial charge >= 0.3 is 0 Å². The number of nitrogens with one attached hydrogen (secondary N) is 1. The monoisotopic (exact) mass is 337 g/mol. The fourth-order valence-corrected chi connectivity index (χ4v) is 3.41. The molecule has 1 saturated heterocycles. The lowest BCUT2D eigenvalue weighted by Crippen LogP contribution is -2.44. The molecule has 2 aromatic carbocycles. The summed E-state index contributed by atoms with van der Waals surface area (Å²) in [6, 6.07) is 12.8. The van der Waals surface area contributed by atoms with Crippen molar-refractivity contribution in [1.29, 1.82) is 0 Å². The fraction of sp³-hybridized carbons (Fsp3) is 0.250. The molecule has 0 radical (unpaired) electrons. The number of hydrogen-bond donors (Lipinski definition) is 1. The molecule has 1 fully saturated rings. The number of carbonyl (C=O) groups is 1. The van der Waals surface area contributed by atoms with Gasteiger partial charge in [-0.25, -0.2) is 4.39 Å². The molecule has 4 nitrogen and oxygen atoms in total. The zero-order valence-corrected chi connectivity index (χ0v) is 14.1. The molecule has 0 bridgehead atoms. The van der Waals surface area contributed by atoms with Crippen LogP contribution in [0.25, 0.3) is 5.57 Å². The van der Waals surface area contributed by atoms with Crippen LogP contribution in [0.2, 0.25) is 0 Å². The topological polar surface area (TPSA) is 35.6 Å². The highest BCUT2D eigenvalue weighted by atomic mass is 19.1. The summed E-state index contributed by atoms with van der Waals surface area (Å²) in [4.78, 5) is 16.5. The van der Waals surface area contributed by atoms with Gasteiger partial charge in [0, 0.05) is 43.6 Å². The second-order valence-electron chi connectivity index (χ2n) is 6.52. The average molecular weight is 337 g/mol. The molecule has 1 amide bonds. The largest absolute Gasteiger partial charge is 0.373 e. The lowest BCUT2D eigenvalue weighted by molar-refractivity contribution is -0.110. The molecular weight excluding hydrogens is 317 g/mol. The van der Waals surface area contributed by atoms with Crippen LogP contribution >= 0.6 is 0 Å². The van der Waals surface area contributed by atoms with Crippen LogP contribution in [0, 0.1) is 12.7 Å². The fourth-order valence-electron chi connectivity index (χ4n) is 3.41. The molecule has 0 aromatic heterocycles. The number of rotatable bonds is 2. The molecule has 0 atom stereocenters. The third kappa shape index (κ3) is 2.97. The Kier molecular flexibility index (Phi) is 3.92.